The van der Waals surface area contributed by atoms with E-state index in [1.54, 1.807) is 11.3 Å². The molecule has 5 nitrogen and oxygen atoms in total. The molecule has 1 heterocycles. The van der Waals surface area contributed by atoms with Gasteiger partial charge >= 0.3 is 5.97 Å². The smallest absolute Gasteiger partial charge is 0.304 e. The summed E-state index contributed by atoms with van der Waals surface area (Å²) >= 11 is 1.59. The van der Waals surface area contributed by atoms with Gasteiger partial charge in [-0.3, -0.25) is 4.79 Å². The Hall–Kier alpha value is -1.92. The molecule has 1 fully saturated rings. The summed E-state index contributed by atoms with van der Waals surface area (Å²) in [6, 6.07) is 8.18. The van der Waals surface area contributed by atoms with E-state index in [9.17, 15) is 4.79 Å². The van der Waals surface area contributed by atoms with Crippen molar-refractivity contribution >= 4 is 17.3 Å². The van der Waals surface area contributed by atoms with Gasteiger partial charge in [-0.2, -0.15) is 0 Å². The highest BCUT2D eigenvalue weighted by atomic mass is 32.1. The van der Waals surface area contributed by atoms with Gasteiger partial charge in [0.25, 0.3) is 0 Å². The van der Waals surface area contributed by atoms with Crippen molar-refractivity contribution in [2.45, 2.75) is 65.5 Å². The van der Waals surface area contributed by atoms with Crippen molar-refractivity contribution in [3.63, 3.8) is 0 Å². The minimum atomic E-state index is -0.791. The summed E-state index contributed by atoms with van der Waals surface area (Å²) < 4.78 is 6.29. The lowest BCUT2D eigenvalue weighted by molar-refractivity contribution is -0.136. The summed E-state index contributed by atoms with van der Waals surface area (Å²) in [6.07, 6.45) is 5.13. The zero-order valence-electron chi connectivity index (χ0n) is 17.6. The average Bonchev–Trinajstić information content (AvgIpc) is 3.14. The predicted molar refractivity (Wildman–Crippen MR) is 117 cm³/mol. The molecule has 3 rings (SSSR count). The number of carbonyl (C=O) groups is 1. The summed E-state index contributed by atoms with van der Waals surface area (Å²) in [7, 11) is 0. The topological polar surface area (TPSA) is 71.5 Å². The summed E-state index contributed by atoms with van der Waals surface area (Å²) in [5.41, 5.74) is 2.38. The van der Waals surface area contributed by atoms with Gasteiger partial charge in [0, 0.05) is 24.0 Å². The molecular formula is C23H32N2O3S. The molecule has 1 aromatic carbocycles. The van der Waals surface area contributed by atoms with Crippen LogP contribution in [0.3, 0.4) is 0 Å². The molecule has 6 heteroatoms. The number of carboxylic acid groups (broad SMARTS) is 1. The van der Waals surface area contributed by atoms with Gasteiger partial charge in [0.1, 0.15) is 10.8 Å². The van der Waals surface area contributed by atoms with Crippen molar-refractivity contribution in [3.05, 3.63) is 34.7 Å². The minimum absolute atomic E-state index is 0.120. The summed E-state index contributed by atoms with van der Waals surface area (Å²) in [5, 5.41) is 14.8. The van der Waals surface area contributed by atoms with Gasteiger partial charge in [0.05, 0.1) is 18.2 Å². The number of hydrogen-bond acceptors (Lipinski definition) is 5. The Kier molecular flexibility index (Phi) is 7.30. The molecule has 158 valence electrons. The first-order chi connectivity index (χ1) is 13.8. The zero-order valence-corrected chi connectivity index (χ0v) is 18.4. The third-order valence-corrected chi connectivity index (χ3v) is 6.52. The Bertz CT molecular complexity index is 804. The number of nitrogens with one attached hydrogen (secondary N) is 1. The molecule has 1 aliphatic rings. The van der Waals surface area contributed by atoms with Gasteiger partial charge in [-0.1, -0.05) is 32.9 Å². The Morgan fingerprint density at radius 1 is 1.28 bits per heavy atom. The average molecular weight is 417 g/mol. The van der Waals surface area contributed by atoms with Crippen molar-refractivity contribution in [3.8, 4) is 17.0 Å². The standard InChI is InChI=1S/C23H32N2O3S/c1-23(2,3)17-7-9-18(10-8-17)28-19-6-4-5-16(13-19)20-15-29-21(25-20)14-24-12-11-22(26)27/h4-6,13,15,17-18,24H,7-12,14H2,1-3H3,(H,26,27). The monoisotopic (exact) mass is 416 g/mol. The minimum Gasteiger partial charge on any atom is -0.490 e. The lowest BCUT2D eigenvalue weighted by atomic mass is 9.72. The van der Waals surface area contributed by atoms with Gasteiger partial charge < -0.3 is 15.2 Å². The largest absolute Gasteiger partial charge is 0.490 e. The number of benzene rings is 1. The number of nitrogens with zero attached hydrogens (tertiary/aromatic N) is 1. The van der Waals surface area contributed by atoms with Crippen LogP contribution >= 0.6 is 11.3 Å². The van der Waals surface area contributed by atoms with E-state index < -0.39 is 5.97 Å². The fourth-order valence-corrected chi connectivity index (χ4v) is 4.66. The van der Waals surface area contributed by atoms with Crippen LogP contribution < -0.4 is 10.1 Å². The molecule has 0 aliphatic heterocycles. The van der Waals surface area contributed by atoms with Gasteiger partial charge in [-0.05, 0) is 49.1 Å². The fraction of sp³-hybridized carbons (Fsp3) is 0.565. The predicted octanol–water partition coefficient (Wildman–Crippen LogP) is 5.36. The fourth-order valence-electron chi connectivity index (χ4n) is 3.88. The lowest BCUT2D eigenvalue weighted by Gasteiger charge is -2.37. The first-order valence-electron chi connectivity index (χ1n) is 10.5. The number of thiazole rings is 1. The zero-order chi connectivity index (χ0) is 20.9. The highest BCUT2D eigenvalue weighted by molar-refractivity contribution is 7.09. The van der Waals surface area contributed by atoms with Crippen LogP contribution in [0.5, 0.6) is 5.75 Å². The van der Waals surface area contributed by atoms with Crippen LogP contribution in [-0.4, -0.2) is 28.7 Å². The Balaban J connectivity index is 1.54. The molecule has 2 N–H and O–H groups in total. The van der Waals surface area contributed by atoms with Crippen molar-refractivity contribution < 1.29 is 14.6 Å². The third-order valence-electron chi connectivity index (χ3n) is 5.68. The van der Waals surface area contributed by atoms with Crippen LogP contribution in [0.15, 0.2) is 29.6 Å². The van der Waals surface area contributed by atoms with Crippen molar-refractivity contribution in [1.29, 1.82) is 0 Å². The van der Waals surface area contributed by atoms with E-state index in [4.69, 9.17) is 9.84 Å². The Labute approximate surface area is 177 Å². The van der Waals surface area contributed by atoms with Crippen LogP contribution in [0.2, 0.25) is 0 Å². The first kappa shape index (κ1) is 21.8. The quantitative estimate of drug-likeness (QED) is 0.567. The third kappa shape index (κ3) is 6.54. The SMILES string of the molecule is CC(C)(C)C1CCC(Oc2cccc(-c3csc(CNCCC(=O)O)n3)c2)CC1. The second-order valence-corrected chi connectivity index (χ2v) is 9.87. The number of aromatic nitrogens is 1. The maximum Gasteiger partial charge on any atom is 0.304 e. The summed E-state index contributed by atoms with van der Waals surface area (Å²) in [4.78, 5) is 15.2. The van der Waals surface area contributed by atoms with E-state index in [0.29, 0.717) is 24.6 Å². The number of aliphatic carboxylic acids is 1. The van der Waals surface area contributed by atoms with E-state index in [0.717, 1.165) is 40.8 Å². The van der Waals surface area contributed by atoms with Crippen LogP contribution in [0.25, 0.3) is 11.3 Å². The molecular weight excluding hydrogens is 384 g/mol. The highest BCUT2D eigenvalue weighted by Crippen LogP contribution is 2.39. The normalized spacial score (nSPS) is 19.8. The van der Waals surface area contributed by atoms with E-state index >= 15 is 0 Å². The maximum absolute atomic E-state index is 10.6. The molecule has 0 unspecified atom stereocenters. The van der Waals surface area contributed by atoms with Gasteiger partial charge in [-0.15, -0.1) is 11.3 Å². The van der Waals surface area contributed by atoms with Crippen molar-refractivity contribution in [1.82, 2.24) is 10.3 Å². The molecule has 1 aliphatic carbocycles. The molecule has 0 amide bonds. The summed E-state index contributed by atoms with van der Waals surface area (Å²) in [6.45, 7) is 8.06. The number of ether oxygens (including phenoxy) is 1. The molecule has 1 saturated carbocycles. The van der Waals surface area contributed by atoms with Gasteiger partial charge in [-0.25, -0.2) is 4.98 Å². The van der Waals surface area contributed by atoms with Crippen LogP contribution in [0, 0.1) is 11.3 Å². The molecule has 0 spiro atoms. The Morgan fingerprint density at radius 2 is 2.03 bits per heavy atom. The van der Waals surface area contributed by atoms with E-state index in [2.05, 4.69) is 43.2 Å². The second-order valence-electron chi connectivity index (χ2n) is 8.93. The molecule has 0 bridgehead atoms. The van der Waals surface area contributed by atoms with Crippen LogP contribution in [0.4, 0.5) is 0 Å². The molecule has 0 saturated heterocycles. The molecule has 1 aromatic heterocycles. The highest BCUT2D eigenvalue weighted by Gasteiger charge is 2.30. The number of rotatable bonds is 8. The van der Waals surface area contributed by atoms with Crippen molar-refractivity contribution in [2.24, 2.45) is 11.3 Å². The molecule has 2 aromatic rings. The number of hydrogen-bond donors (Lipinski definition) is 2. The van der Waals surface area contributed by atoms with Crippen molar-refractivity contribution in [2.75, 3.05) is 6.54 Å². The van der Waals surface area contributed by atoms with E-state index in [1.807, 2.05) is 17.5 Å². The second kappa shape index (κ2) is 9.72. The molecule has 29 heavy (non-hydrogen) atoms. The first-order valence-corrected chi connectivity index (χ1v) is 11.3. The maximum atomic E-state index is 10.6. The van der Waals surface area contributed by atoms with Crippen LogP contribution in [0.1, 0.15) is 57.9 Å². The Morgan fingerprint density at radius 3 is 2.72 bits per heavy atom. The number of carboxylic acids is 1. The molecule has 0 radical (unpaired) electrons. The lowest BCUT2D eigenvalue weighted by Crippen LogP contribution is -2.30. The van der Waals surface area contributed by atoms with Gasteiger partial charge in [0.2, 0.25) is 0 Å². The molecule has 0 atom stereocenters. The van der Waals surface area contributed by atoms with Crippen LogP contribution in [-0.2, 0) is 11.3 Å². The van der Waals surface area contributed by atoms with E-state index in [-0.39, 0.29) is 6.42 Å². The van der Waals surface area contributed by atoms with Gasteiger partial charge in [0.15, 0.2) is 0 Å². The summed E-state index contributed by atoms with van der Waals surface area (Å²) in [5.74, 6) is 0.906. The van der Waals surface area contributed by atoms with E-state index in [1.165, 1.54) is 12.8 Å².